The molecule has 0 spiro atoms. The Morgan fingerprint density at radius 1 is 1.45 bits per heavy atom. The molecule has 0 amide bonds. The fourth-order valence-electron chi connectivity index (χ4n) is 1.57. The van der Waals surface area contributed by atoms with Gasteiger partial charge >= 0.3 is 0 Å². The topological polar surface area (TPSA) is 45.8 Å². The van der Waals surface area contributed by atoms with Crippen LogP contribution in [0.3, 0.4) is 0 Å². The van der Waals surface area contributed by atoms with Gasteiger partial charge < -0.3 is 4.98 Å². The molecule has 0 atom stereocenters. The van der Waals surface area contributed by atoms with Crippen LogP contribution >= 0.6 is 0 Å². The number of hydrogen-bond donors (Lipinski definition) is 1. The van der Waals surface area contributed by atoms with Crippen LogP contribution in [0.2, 0.25) is 0 Å². The summed E-state index contributed by atoms with van der Waals surface area (Å²) in [7, 11) is 0. The Morgan fingerprint density at radius 2 is 2.27 bits per heavy atom. The van der Waals surface area contributed by atoms with E-state index in [-0.39, 0.29) is 5.56 Å². The van der Waals surface area contributed by atoms with E-state index in [0.29, 0.717) is 0 Å². The lowest BCUT2D eigenvalue weighted by Crippen LogP contribution is -2.15. The number of hydrogen-bond acceptors (Lipinski definition) is 2. The number of aryl methyl sites for hydroxylation is 2. The third kappa shape index (κ3) is 0.964. The van der Waals surface area contributed by atoms with Gasteiger partial charge in [0.1, 0.15) is 5.82 Å². The maximum absolute atomic E-state index is 11.2. The molecule has 1 aromatic rings. The molecule has 3 nitrogen and oxygen atoms in total. The van der Waals surface area contributed by atoms with E-state index >= 15 is 0 Å². The van der Waals surface area contributed by atoms with E-state index in [1.54, 1.807) is 0 Å². The van der Waals surface area contributed by atoms with Crippen molar-refractivity contribution in [2.24, 2.45) is 0 Å². The molecular weight excluding hydrogens is 140 g/mol. The SMILES string of the molecule is Cc1nc2c(c(=O)[nH]1)CCC2. The van der Waals surface area contributed by atoms with Crippen LogP contribution in [0.5, 0.6) is 0 Å². The summed E-state index contributed by atoms with van der Waals surface area (Å²) >= 11 is 0. The van der Waals surface area contributed by atoms with Gasteiger partial charge in [-0.25, -0.2) is 4.98 Å². The van der Waals surface area contributed by atoms with Gasteiger partial charge in [0.15, 0.2) is 0 Å². The standard InChI is InChI=1S/C8H10N2O/c1-5-9-7-4-2-3-6(7)8(11)10-5/h2-4H2,1H3,(H,9,10,11). The molecule has 0 aromatic carbocycles. The maximum atomic E-state index is 11.2. The van der Waals surface area contributed by atoms with Crippen molar-refractivity contribution in [1.82, 2.24) is 9.97 Å². The van der Waals surface area contributed by atoms with Crippen LogP contribution in [0, 0.1) is 6.92 Å². The highest BCUT2D eigenvalue weighted by atomic mass is 16.1. The highest BCUT2D eigenvalue weighted by molar-refractivity contribution is 5.22. The highest BCUT2D eigenvalue weighted by Crippen LogP contribution is 2.14. The first-order valence-corrected chi connectivity index (χ1v) is 3.86. The highest BCUT2D eigenvalue weighted by Gasteiger charge is 2.15. The van der Waals surface area contributed by atoms with Gasteiger partial charge in [0.05, 0.1) is 5.69 Å². The summed E-state index contributed by atoms with van der Waals surface area (Å²) in [4.78, 5) is 18.2. The van der Waals surface area contributed by atoms with E-state index in [0.717, 1.165) is 36.3 Å². The number of fused-ring (bicyclic) bond motifs is 1. The van der Waals surface area contributed by atoms with Crippen molar-refractivity contribution in [1.29, 1.82) is 0 Å². The van der Waals surface area contributed by atoms with Crippen molar-refractivity contribution in [3.05, 3.63) is 27.4 Å². The Labute approximate surface area is 64.5 Å². The fourth-order valence-corrected chi connectivity index (χ4v) is 1.57. The second-order valence-corrected chi connectivity index (χ2v) is 2.93. The monoisotopic (exact) mass is 150 g/mol. The zero-order valence-corrected chi connectivity index (χ0v) is 6.48. The molecule has 0 saturated heterocycles. The maximum Gasteiger partial charge on any atom is 0.254 e. The van der Waals surface area contributed by atoms with Crippen molar-refractivity contribution in [3.8, 4) is 0 Å². The molecule has 1 N–H and O–H groups in total. The van der Waals surface area contributed by atoms with Gasteiger partial charge in [-0.3, -0.25) is 4.79 Å². The van der Waals surface area contributed by atoms with E-state index in [1.807, 2.05) is 6.92 Å². The van der Waals surface area contributed by atoms with Crippen molar-refractivity contribution >= 4 is 0 Å². The van der Waals surface area contributed by atoms with Crippen LogP contribution in [-0.2, 0) is 12.8 Å². The molecule has 0 saturated carbocycles. The molecule has 1 aliphatic rings. The van der Waals surface area contributed by atoms with Crippen LogP contribution in [0.4, 0.5) is 0 Å². The second kappa shape index (κ2) is 2.19. The van der Waals surface area contributed by atoms with Crippen LogP contribution in [-0.4, -0.2) is 9.97 Å². The van der Waals surface area contributed by atoms with E-state index < -0.39 is 0 Å². The third-order valence-corrected chi connectivity index (χ3v) is 2.06. The van der Waals surface area contributed by atoms with Gasteiger partial charge in [0, 0.05) is 5.56 Å². The van der Waals surface area contributed by atoms with E-state index in [4.69, 9.17) is 0 Å². The van der Waals surface area contributed by atoms with Gasteiger partial charge in [-0.15, -0.1) is 0 Å². The van der Waals surface area contributed by atoms with Gasteiger partial charge in [0.25, 0.3) is 5.56 Å². The lowest BCUT2D eigenvalue weighted by molar-refractivity contribution is 0.895. The molecule has 2 rings (SSSR count). The Balaban J connectivity index is 2.70. The number of aromatic nitrogens is 2. The number of H-pyrrole nitrogens is 1. The summed E-state index contributed by atoms with van der Waals surface area (Å²) in [6.45, 7) is 1.82. The lowest BCUT2D eigenvalue weighted by Gasteiger charge is -1.97. The molecule has 1 heterocycles. The van der Waals surface area contributed by atoms with Crippen molar-refractivity contribution < 1.29 is 0 Å². The molecule has 58 valence electrons. The molecule has 0 aliphatic heterocycles. The van der Waals surface area contributed by atoms with Gasteiger partial charge in [-0.1, -0.05) is 0 Å². The number of aromatic amines is 1. The quantitative estimate of drug-likeness (QED) is 0.587. The molecular formula is C8H10N2O. The Kier molecular flexibility index (Phi) is 1.31. The van der Waals surface area contributed by atoms with Gasteiger partial charge in [-0.05, 0) is 26.2 Å². The summed E-state index contributed by atoms with van der Waals surface area (Å²) < 4.78 is 0. The molecule has 0 unspecified atom stereocenters. The van der Waals surface area contributed by atoms with Gasteiger partial charge in [-0.2, -0.15) is 0 Å². The van der Waals surface area contributed by atoms with Crippen LogP contribution in [0.1, 0.15) is 23.5 Å². The molecule has 1 aromatic heterocycles. The number of nitrogens with zero attached hydrogens (tertiary/aromatic N) is 1. The summed E-state index contributed by atoms with van der Waals surface area (Å²) in [5.74, 6) is 0.732. The summed E-state index contributed by atoms with van der Waals surface area (Å²) in [6.07, 6.45) is 2.95. The largest absolute Gasteiger partial charge is 0.311 e. The molecule has 1 aliphatic carbocycles. The van der Waals surface area contributed by atoms with Crippen LogP contribution < -0.4 is 5.56 Å². The minimum absolute atomic E-state index is 0.0602. The lowest BCUT2D eigenvalue weighted by atomic mass is 10.2. The zero-order chi connectivity index (χ0) is 7.84. The van der Waals surface area contributed by atoms with E-state index in [9.17, 15) is 4.79 Å². The summed E-state index contributed by atoms with van der Waals surface area (Å²) in [5, 5.41) is 0. The molecule has 11 heavy (non-hydrogen) atoms. The molecule has 3 heteroatoms. The third-order valence-electron chi connectivity index (χ3n) is 2.06. The Bertz CT molecular complexity index is 340. The van der Waals surface area contributed by atoms with Crippen LogP contribution in [0.15, 0.2) is 4.79 Å². The minimum Gasteiger partial charge on any atom is -0.311 e. The first-order chi connectivity index (χ1) is 5.27. The Hall–Kier alpha value is -1.12. The predicted molar refractivity (Wildman–Crippen MR) is 41.6 cm³/mol. The average Bonchev–Trinajstić information content (AvgIpc) is 2.34. The smallest absolute Gasteiger partial charge is 0.254 e. The zero-order valence-electron chi connectivity index (χ0n) is 6.48. The van der Waals surface area contributed by atoms with Crippen LogP contribution in [0.25, 0.3) is 0 Å². The normalized spacial score (nSPS) is 15.0. The van der Waals surface area contributed by atoms with Crippen molar-refractivity contribution in [2.75, 3.05) is 0 Å². The average molecular weight is 150 g/mol. The Morgan fingerprint density at radius 3 is 3.09 bits per heavy atom. The minimum atomic E-state index is 0.0602. The first-order valence-electron chi connectivity index (χ1n) is 3.86. The van der Waals surface area contributed by atoms with E-state index in [2.05, 4.69) is 9.97 Å². The predicted octanol–water partition coefficient (Wildman–Crippen LogP) is 0.567. The van der Waals surface area contributed by atoms with Crippen molar-refractivity contribution in [3.63, 3.8) is 0 Å². The number of rotatable bonds is 0. The molecule has 0 radical (unpaired) electrons. The summed E-state index contributed by atoms with van der Waals surface area (Å²) in [6, 6.07) is 0. The number of nitrogens with one attached hydrogen (secondary N) is 1. The van der Waals surface area contributed by atoms with Crippen molar-refractivity contribution in [2.45, 2.75) is 26.2 Å². The van der Waals surface area contributed by atoms with Gasteiger partial charge in [0.2, 0.25) is 0 Å². The molecule has 0 fully saturated rings. The summed E-state index contributed by atoms with van der Waals surface area (Å²) in [5.41, 5.74) is 1.96. The first kappa shape index (κ1) is 6.58. The molecule has 0 bridgehead atoms. The fraction of sp³-hybridized carbons (Fsp3) is 0.500. The second-order valence-electron chi connectivity index (χ2n) is 2.93. The van der Waals surface area contributed by atoms with E-state index in [1.165, 1.54) is 0 Å².